The van der Waals surface area contributed by atoms with Crippen molar-refractivity contribution in [2.45, 2.75) is 40.2 Å². The summed E-state index contributed by atoms with van der Waals surface area (Å²) < 4.78 is 31.4. The van der Waals surface area contributed by atoms with Gasteiger partial charge in [0.15, 0.2) is 0 Å². The molecular weight excluding hydrogens is 400 g/mol. The van der Waals surface area contributed by atoms with Crippen LogP contribution in [0.1, 0.15) is 43.0 Å². The lowest BCUT2D eigenvalue weighted by Gasteiger charge is -2.27. The van der Waals surface area contributed by atoms with E-state index in [4.69, 9.17) is 4.74 Å². The molecule has 0 heterocycles. The second-order valence-electron chi connectivity index (χ2n) is 8.03. The van der Waals surface area contributed by atoms with Crippen LogP contribution < -0.4 is 14.4 Å². The number of para-hydroxylation sites is 1. The summed E-state index contributed by atoms with van der Waals surface area (Å²) in [6, 6.07) is 12.9. The van der Waals surface area contributed by atoms with Gasteiger partial charge in [-0.15, -0.1) is 0 Å². The molecule has 0 saturated heterocycles. The minimum absolute atomic E-state index is 0.220. The Balaban J connectivity index is 2.28. The zero-order chi connectivity index (χ0) is 22.5. The first-order valence-corrected chi connectivity index (χ1v) is 11.8. The maximum absolute atomic E-state index is 12.9. The third-order valence-corrected chi connectivity index (χ3v) is 6.05. The van der Waals surface area contributed by atoms with Crippen molar-refractivity contribution in [3.05, 3.63) is 59.2 Å². The highest BCUT2D eigenvalue weighted by molar-refractivity contribution is 7.92. The largest absolute Gasteiger partial charge is 0.497 e. The number of carbonyl (C=O) groups is 1. The number of carbonyl (C=O) groups excluding carboxylic acids is 1. The van der Waals surface area contributed by atoms with Crippen molar-refractivity contribution in [1.29, 1.82) is 0 Å². The van der Waals surface area contributed by atoms with Crippen LogP contribution in [0.5, 0.6) is 5.75 Å². The fraction of sp³-hybridized carbons (Fsp3) is 0.435. The third-order valence-electron chi connectivity index (χ3n) is 4.94. The molecule has 0 aliphatic rings. The van der Waals surface area contributed by atoms with E-state index in [0.717, 1.165) is 35.1 Å². The third kappa shape index (κ3) is 6.23. The average Bonchev–Trinajstić information content (AvgIpc) is 2.65. The Bertz CT molecular complexity index is 949. The van der Waals surface area contributed by atoms with Gasteiger partial charge in [0, 0.05) is 0 Å². The van der Waals surface area contributed by atoms with Gasteiger partial charge in [0.2, 0.25) is 15.9 Å². The number of amides is 1. The van der Waals surface area contributed by atoms with E-state index in [9.17, 15) is 13.2 Å². The highest BCUT2D eigenvalue weighted by Crippen LogP contribution is 2.27. The van der Waals surface area contributed by atoms with Crippen LogP contribution in [0.2, 0.25) is 0 Å². The van der Waals surface area contributed by atoms with Gasteiger partial charge in [-0.05, 0) is 55.0 Å². The van der Waals surface area contributed by atoms with Gasteiger partial charge < -0.3 is 10.1 Å². The molecule has 0 aliphatic heterocycles. The predicted octanol–water partition coefficient (Wildman–Crippen LogP) is 3.98. The number of anilines is 1. The maximum Gasteiger partial charge on any atom is 0.241 e. The summed E-state index contributed by atoms with van der Waals surface area (Å²) in [5, 5.41) is 3.03. The second-order valence-corrected chi connectivity index (χ2v) is 9.94. The molecule has 0 fully saturated rings. The van der Waals surface area contributed by atoms with Crippen molar-refractivity contribution < 1.29 is 17.9 Å². The number of nitrogens with one attached hydrogen (secondary N) is 1. The van der Waals surface area contributed by atoms with Crippen LogP contribution in [0.4, 0.5) is 5.69 Å². The molecule has 164 valence electrons. The van der Waals surface area contributed by atoms with Crippen LogP contribution in [0.15, 0.2) is 42.5 Å². The van der Waals surface area contributed by atoms with E-state index in [2.05, 4.69) is 19.2 Å². The Labute approximate surface area is 180 Å². The fourth-order valence-corrected chi connectivity index (χ4v) is 4.49. The SMILES string of the molecule is COc1ccc([C@H](CC(C)C)NC(=O)CN(c2c(C)cccc2C)S(C)(=O)=O)cc1. The molecule has 0 aromatic heterocycles. The monoisotopic (exact) mass is 432 g/mol. The van der Waals surface area contributed by atoms with E-state index in [1.807, 2.05) is 56.3 Å². The lowest BCUT2D eigenvalue weighted by Crippen LogP contribution is -2.42. The molecular formula is C23H32N2O4S. The molecule has 1 atom stereocenters. The molecule has 7 heteroatoms. The first-order chi connectivity index (χ1) is 14.0. The Hall–Kier alpha value is -2.54. The lowest BCUT2D eigenvalue weighted by molar-refractivity contribution is -0.120. The predicted molar refractivity (Wildman–Crippen MR) is 121 cm³/mol. The van der Waals surface area contributed by atoms with E-state index in [-0.39, 0.29) is 18.5 Å². The van der Waals surface area contributed by atoms with Crippen molar-refractivity contribution >= 4 is 21.6 Å². The number of rotatable bonds is 9. The smallest absolute Gasteiger partial charge is 0.241 e. The first-order valence-electron chi connectivity index (χ1n) is 10.00. The van der Waals surface area contributed by atoms with Gasteiger partial charge in [0.25, 0.3) is 0 Å². The summed E-state index contributed by atoms with van der Waals surface area (Å²) in [7, 11) is -2.03. The van der Waals surface area contributed by atoms with Crippen molar-refractivity contribution in [2.75, 3.05) is 24.2 Å². The fourth-order valence-electron chi connectivity index (χ4n) is 3.52. The minimum Gasteiger partial charge on any atom is -0.497 e. The van der Waals surface area contributed by atoms with Crippen molar-refractivity contribution in [1.82, 2.24) is 5.32 Å². The maximum atomic E-state index is 12.9. The summed E-state index contributed by atoms with van der Waals surface area (Å²) in [5.41, 5.74) is 3.13. The normalized spacial score (nSPS) is 12.5. The summed E-state index contributed by atoms with van der Waals surface area (Å²) in [4.78, 5) is 12.9. The van der Waals surface area contributed by atoms with Crippen LogP contribution in [0.3, 0.4) is 0 Å². The van der Waals surface area contributed by atoms with E-state index in [1.54, 1.807) is 7.11 Å². The number of hydrogen-bond acceptors (Lipinski definition) is 4. The van der Waals surface area contributed by atoms with Crippen molar-refractivity contribution in [2.24, 2.45) is 5.92 Å². The Kier molecular flexibility index (Phi) is 7.89. The molecule has 1 amide bonds. The highest BCUT2D eigenvalue weighted by atomic mass is 32.2. The molecule has 1 N–H and O–H groups in total. The number of ether oxygens (including phenoxy) is 1. The van der Waals surface area contributed by atoms with Gasteiger partial charge >= 0.3 is 0 Å². The molecule has 30 heavy (non-hydrogen) atoms. The first kappa shape index (κ1) is 23.7. The van der Waals surface area contributed by atoms with Crippen molar-refractivity contribution in [3.8, 4) is 5.75 Å². The number of benzene rings is 2. The number of methoxy groups -OCH3 is 1. The summed E-state index contributed by atoms with van der Waals surface area (Å²) in [5.74, 6) is 0.748. The molecule has 2 rings (SSSR count). The van der Waals surface area contributed by atoms with Crippen LogP contribution in [-0.4, -0.2) is 34.2 Å². The molecule has 0 bridgehead atoms. The molecule has 0 radical (unpaired) electrons. The van der Waals surface area contributed by atoms with Gasteiger partial charge in [0.05, 0.1) is 25.1 Å². The average molecular weight is 433 g/mol. The lowest BCUT2D eigenvalue weighted by atomic mass is 9.97. The quantitative estimate of drug-likeness (QED) is 0.650. The zero-order valence-electron chi connectivity index (χ0n) is 18.6. The van der Waals surface area contributed by atoms with Gasteiger partial charge in [-0.25, -0.2) is 8.42 Å². The Morgan fingerprint density at radius 2 is 1.63 bits per heavy atom. The van der Waals surface area contributed by atoms with E-state index < -0.39 is 10.0 Å². The molecule has 0 aliphatic carbocycles. The molecule has 0 unspecified atom stereocenters. The van der Waals surface area contributed by atoms with E-state index in [0.29, 0.717) is 11.6 Å². The minimum atomic E-state index is -3.63. The molecule has 6 nitrogen and oxygen atoms in total. The number of hydrogen-bond donors (Lipinski definition) is 1. The van der Waals surface area contributed by atoms with Crippen LogP contribution in [-0.2, 0) is 14.8 Å². The van der Waals surface area contributed by atoms with E-state index >= 15 is 0 Å². The van der Waals surface area contributed by atoms with Crippen LogP contribution in [0, 0.1) is 19.8 Å². The molecule has 0 saturated carbocycles. The molecule has 2 aromatic rings. The van der Waals surface area contributed by atoms with Crippen molar-refractivity contribution in [3.63, 3.8) is 0 Å². The molecule has 2 aromatic carbocycles. The summed E-state index contributed by atoms with van der Waals surface area (Å²) in [6.07, 6.45) is 1.86. The van der Waals surface area contributed by atoms with Gasteiger partial charge in [-0.2, -0.15) is 0 Å². The van der Waals surface area contributed by atoms with Gasteiger partial charge in [-0.3, -0.25) is 9.10 Å². The van der Waals surface area contributed by atoms with Gasteiger partial charge in [0.1, 0.15) is 12.3 Å². The topological polar surface area (TPSA) is 75.7 Å². The molecule has 0 spiro atoms. The second kappa shape index (κ2) is 9.98. The summed E-state index contributed by atoms with van der Waals surface area (Å²) in [6.45, 7) is 7.59. The Morgan fingerprint density at radius 3 is 2.10 bits per heavy atom. The number of nitrogens with zero attached hydrogens (tertiary/aromatic N) is 1. The number of sulfonamides is 1. The Morgan fingerprint density at radius 1 is 1.07 bits per heavy atom. The van der Waals surface area contributed by atoms with Crippen LogP contribution in [0.25, 0.3) is 0 Å². The zero-order valence-corrected chi connectivity index (χ0v) is 19.4. The van der Waals surface area contributed by atoms with Gasteiger partial charge in [-0.1, -0.05) is 44.2 Å². The van der Waals surface area contributed by atoms with E-state index in [1.165, 1.54) is 4.31 Å². The van der Waals surface area contributed by atoms with Crippen LogP contribution >= 0.6 is 0 Å². The standard InChI is InChI=1S/C23H32N2O4S/c1-16(2)14-21(19-10-12-20(29-5)13-11-19)24-22(26)15-25(30(6,27)28)23-17(3)8-7-9-18(23)4/h7-13,16,21H,14-15H2,1-6H3,(H,24,26)/t21-/m0/s1. The highest BCUT2D eigenvalue weighted by Gasteiger charge is 2.25. The number of aryl methyl sites for hydroxylation is 2. The summed E-state index contributed by atoms with van der Waals surface area (Å²) >= 11 is 0.